The van der Waals surface area contributed by atoms with Crippen molar-refractivity contribution in [2.24, 2.45) is 11.7 Å². The number of alkyl halides is 3. The number of pyridine rings is 1. The molecular weight excluding hydrogens is 519 g/mol. The fourth-order valence-electron chi connectivity index (χ4n) is 4.72. The third kappa shape index (κ3) is 6.87. The number of rotatable bonds is 6. The number of nitrogens with one attached hydrogen (secondary N) is 3. The van der Waals surface area contributed by atoms with Gasteiger partial charge in [0.2, 0.25) is 0 Å². The lowest BCUT2D eigenvalue weighted by Crippen LogP contribution is -2.36. The van der Waals surface area contributed by atoms with E-state index in [2.05, 4.69) is 15.2 Å². The van der Waals surface area contributed by atoms with Crippen LogP contribution >= 0.6 is 0 Å². The van der Waals surface area contributed by atoms with Gasteiger partial charge in [-0.2, -0.15) is 18.3 Å². The van der Waals surface area contributed by atoms with Crippen LogP contribution in [0.1, 0.15) is 88.2 Å². The molecule has 2 aliphatic carbocycles. The summed E-state index contributed by atoms with van der Waals surface area (Å²) in [7, 11) is 1.67. The lowest BCUT2D eigenvalue weighted by atomic mass is 9.72. The molecule has 2 aliphatic rings. The number of hydrogen-bond donors (Lipinski definition) is 5. The second kappa shape index (κ2) is 13.4. The van der Waals surface area contributed by atoms with Crippen LogP contribution in [0.15, 0.2) is 30.3 Å². The molecular formula is C29H40F3N7O. The summed E-state index contributed by atoms with van der Waals surface area (Å²) in [6, 6.07) is 7.71. The monoisotopic (exact) mass is 559 g/mol. The van der Waals surface area contributed by atoms with Crippen molar-refractivity contribution in [3.05, 3.63) is 47.3 Å². The van der Waals surface area contributed by atoms with Crippen LogP contribution in [-0.2, 0) is 6.18 Å². The number of aliphatic hydroxyl groups is 1. The summed E-state index contributed by atoms with van der Waals surface area (Å²) >= 11 is 0. The zero-order valence-electron chi connectivity index (χ0n) is 23.5. The predicted octanol–water partition coefficient (Wildman–Crippen LogP) is 6.62. The highest BCUT2D eigenvalue weighted by atomic mass is 19.4. The number of aliphatic hydroxyl groups excluding tert-OH is 1. The van der Waals surface area contributed by atoms with Gasteiger partial charge in [-0.3, -0.25) is 15.9 Å². The molecule has 2 aromatic heterocycles. The van der Waals surface area contributed by atoms with Gasteiger partial charge in [0.25, 0.3) is 0 Å². The van der Waals surface area contributed by atoms with Gasteiger partial charge in [-0.05, 0) is 62.6 Å². The lowest BCUT2D eigenvalue weighted by molar-refractivity contribution is -0.141. The van der Waals surface area contributed by atoms with Crippen molar-refractivity contribution >= 4 is 23.1 Å². The Bertz CT molecular complexity index is 1300. The minimum atomic E-state index is -4.62. The number of H-pyrrole nitrogens is 1. The second-order valence-electron chi connectivity index (χ2n) is 10.2. The maximum atomic E-state index is 13.5. The molecule has 0 radical (unpaired) electrons. The first-order valence-corrected chi connectivity index (χ1v) is 13.8. The predicted molar refractivity (Wildman–Crippen MR) is 152 cm³/mol. The van der Waals surface area contributed by atoms with Crippen molar-refractivity contribution in [1.82, 2.24) is 20.1 Å². The summed E-state index contributed by atoms with van der Waals surface area (Å²) < 4.78 is 40.6. The number of benzene rings is 1. The molecule has 2 heterocycles. The molecule has 11 heteroatoms. The van der Waals surface area contributed by atoms with Gasteiger partial charge >= 0.3 is 6.18 Å². The molecule has 40 heavy (non-hydrogen) atoms. The van der Waals surface area contributed by atoms with Gasteiger partial charge in [0, 0.05) is 30.0 Å². The van der Waals surface area contributed by atoms with Crippen molar-refractivity contribution < 1.29 is 18.3 Å². The Kier molecular flexibility index (Phi) is 10.4. The van der Waals surface area contributed by atoms with Crippen molar-refractivity contribution in [3.8, 4) is 11.3 Å². The zero-order valence-corrected chi connectivity index (χ0v) is 23.5. The van der Waals surface area contributed by atoms with Gasteiger partial charge in [-0.1, -0.05) is 38.5 Å². The van der Waals surface area contributed by atoms with E-state index < -0.39 is 17.9 Å². The smallest absolute Gasteiger partial charge is 0.393 e. The van der Waals surface area contributed by atoms with Gasteiger partial charge < -0.3 is 15.7 Å². The van der Waals surface area contributed by atoms with Crippen LogP contribution in [0, 0.1) is 16.7 Å². The topological polar surface area (TPSA) is 139 Å². The van der Waals surface area contributed by atoms with E-state index in [-0.39, 0.29) is 23.6 Å². The Hall–Kier alpha value is -3.31. The van der Waals surface area contributed by atoms with Crippen LogP contribution < -0.4 is 5.73 Å². The molecule has 0 amide bonds. The van der Waals surface area contributed by atoms with E-state index in [1.165, 1.54) is 11.3 Å². The first-order valence-electron chi connectivity index (χ1n) is 13.8. The van der Waals surface area contributed by atoms with Gasteiger partial charge in [0.05, 0.1) is 23.7 Å². The van der Waals surface area contributed by atoms with Gasteiger partial charge in [-0.15, -0.1) is 0 Å². The molecule has 0 spiro atoms. The molecule has 2 fully saturated rings. The van der Waals surface area contributed by atoms with Crippen LogP contribution in [0.4, 0.5) is 13.2 Å². The number of likely N-dealkylation sites (N-methyl/N-ethyl adjacent to an activating group) is 1. The highest BCUT2D eigenvalue weighted by molar-refractivity contribution is 5.96. The van der Waals surface area contributed by atoms with Crippen LogP contribution in [0.2, 0.25) is 0 Å². The van der Waals surface area contributed by atoms with Gasteiger partial charge in [0.15, 0.2) is 0 Å². The van der Waals surface area contributed by atoms with E-state index in [1.807, 2.05) is 32.0 Å². The highest BCUT2D eigenvalue weighted by Gasteiger charge is 2.35. The van der Waals surface area contributed by atoms with Crippen LogP contribution in [0.5, 0.6) is 0 Å². The molecule has 5 rings (SSSR count). The molecule has 218 valence electrons. The zero-order chi connectivity index (χ0) is 29.6. The second-order valence-corrected chi connectivity index (χ2v) is 10.2. The van der Waals surface area contributed by atoms with Crippen molar-refractivity contribution in [1.29, 1.82) is 10.8 Å². The Morgan fingerprint density at radius 1 is 1.18 bits per heavy atom. The van der Waals surface area contributed by atoms with Gasteiger partial charge in [0.1, 0.15) is 17.2 Å². The SMILES string of the molecule is CC.CC(N)c1nc(C(F)(F)F)cc2c(-c3cccc(C(C(=N)N(C)C=N)C4CCC4)c3)n[nH]c12.OC1CCC1. The Balaban J connectivity index is 0.000000558. The van der Waals surface area contributed by atoms with Crippen LogP contribution in [0.25, 0.3) is 22.2 Å². The minimum Gasteiger partial charge on any atom is -0.393 e. The van der Waals surface area contributed by atoms with Crippen molar-refractivity contribution in [3.63, 3.8) is 0 Å². The highest BCUT2D eigenvalue weighted by Crippen LogP contribution is 2.42. The number of halogens is 3. The normalized spacial score (nSPS) is 16.8. The van der Waals surface area contributed by atoms with Gasteiger partial charge in [-0.25, -0.2) is 4.98 Å². The summed E-state index contributed by atoms with van der Waals surface area (Å²) in [5.41, 5.74) is 7.28. The summed E-state index contributed by atoms with van der Waals surface area (Å²) in [6.07, 6.45) is 2.96. The molecule has 8 nitrogen and oxygen atoms in total. The first-order chi connectivity index (χ1) is 19.0. The van der Waals surface area contributed by atoms with E-state index in [0.717, 1.165) is 50.1 Å². The Morgan fingerprint density at radius 3 is 2.27 bits per heavy atom. The summed E-state index contributed by atoms with van der Waals surface area (Å²) in [6.45, 7) is 5.58. The third-order valence-corrected chi connectivity index (χ3v) is 7.39. The van der Waals surface area contributed by atoms with E-state index in [0.29, 0.717) is 28.0 Å². The van der Waals surface area contributed by atoms with E-state index in [9.17, 15) is 13.2 Å². The van der Waals surface area contributed by atoms with E-state index in [4.69, 9.17) is 21.7 Å². The molecule has 0 bridgehead atoms. The lowest BCUT2D eigenvalue weighted by Gasteiger charge is -2.36. The quantitative estimate of drug-likeness (QED) is 0.171. The molecule has 0 aliphatic heterocycles. The molecule has 1 aromatic carbocycles. The number of amidine groups is 1. The molecule has 6 N–H and O–H groups in total. The van der Waals surface area contributed by atoms with E-state index in [1.54, 1.807) is 20.0 Å². The Labute approximate surface area is 233 Å². The standard InChI is InChI=1S/C23H26F3N7.C4H8O.C2H6/c1-12(28)19-21-16(10-17(30-19)23(24,25)26)20(31-32-21)15-8-4-7-14(9-15)18(13-5-3-6-13)22(29)33(2)11-27;5-4-2-1-3-4;1-2/h4,7-13,18,27,29H,3,5-6,28H2,1-2H3,(H,31,32);4-5H,1-3H2;1-2H3. The summed E-state index contributed by atoms with van der Waals surface area (Å²) in [5, 5.41) is 32.0. The average Bonchev–Trinajstić information content (AvgIpc) is 3.33. The number of aromatic nitrogens is 3. The molecule has 0 saturated heterocycles. The fraction of sp³-hybridized carbons (Fsp3) is 0.517. The third-order valence-electron chi connectivity index (χ3n) is 7.39. The van der Waals surface area contributed by atoms with Crippen molar-refractivity contribution in [2.75, 3.05) is 7.05 Å². The molecule has 2 saturated carbocycles. The Morgan fingerprint density at radius 2 is 1.80 bits per heavy atom. The number of nitrogens with two attached hydrogens (primary N) is 1. The number of hydrogen-bond acceptors (Lipinski definition) is 6. The largest absolute Gasteiger partial charge is 0.433 e. The molecule has 2 atom stereocenters. The maximum Gasteiger partial charge on any atom is 0.433 e. The number of nitrogens with zero attached hydrogens (tertiary/aromatic N) is 3. The minimum absolute atomic E-state index is 0.0648. The fourth-order valence-corrected chi connectivity index (χ4v) is 4.72. The summed E-state index contributed by atoms with van der Waals surface area (Å²) in [5.74, 6) is 0.404. The summed E-state index contributed by atoms with van der Waals surface area (Å²) in [4.78, 5) is 5.22. The number of aromatic amines is 1. The average molecular weight is 560 g/mol. The first kappa shape index (κ1) is 31.2. The van der Waals surface area contributed by atoms with Crippen molar-refractivity contribution in [2.45, 2.75) is 83.5 Å². The number of fused-ring (bicyclic) bond motifs is 1. The molecule has 2 unspecified atom stereocenters. The van der Waals surface area contributed by atoms with Crippen LogP contribution in [-0.4, -0.2) is 50.5 Å². The van der Waals surface area contributed by atoms with Crippen LogP contribution in [0.3, 0.4) is 0 Å². The maximum absolute atomic E-state index is 13.5. The molecule has 3 aromatic rings. The van der Waals surface area contributed by atoms with E-state index >= 15 is 0 Å².